The van der Waals surface area contributed by atoms with Crippen molar-refractivity contribution in [2.75, 3.05) is 20.3 Å². The van der Waals surface area contributed by atoms with Gasteiger partial charge in [-0.05, 0) is 18.2 Å². The van der Waals surface area contributed by atoms with Crippen molar-refractivity contribution in [3.05, 3.63) is 54.4 Å². The molecular formula is C15H18N2O2. The number of hydrogen-bond acceptors (Lipinski definition) is 4. The average molecular weight is 258 g/mol. The van der Waals surface area contributed by atoms with E-state index in [9.17, 15) is 0 Å². The van der Waals surface area contributed by atoms with Crippen molar-refractivity contribution in [2.24, 2.45) is 5.73 Å². The molecular weight excluding hydrogens is 240 g/mol. The van der Waals surface area contributed by atoms with E-state index in [1.807, 2.05) is 36.4 Å². The van der Waals surface area contributed by atoms with Gasteiger partial charge in [-0.2, -0.15) is 0 Å². The molecule has 1 aromatic heterocycles. The average Bonchev–Trinajstić information content (AvgIpc) is 2.49. The predicted molar refractivity (Wildman–Crippen MR) is 74.5 cm³/mol. The Hall–Kier alpha value is -2.07. The topological polar surface area (TPSA) is 57.4 Å². The Kier molecular flexibility index (Phi) is 4.75. The van der Waals surface area contributed by atoms with Gasteiger partial charge in [-0.3, -0.25) is 4.98 Å². The molecule has 0 fully saturated rings. The Morgan fingerprint density at radius 3 is 2.74 bits per heavy atom. The summed E-state index contributed by atoms with van der Waals surface area (Å²) in [6.45, 7) is 1.00. The zero-order valence-corrected chi connectivity index (χ0v) is 11.0. The molecule has 0 spiro atoms. The lowest BCUT2D eigenvalue weighted by atomic mass is 9.99. The van der Waals surface area contributed by atoms with E-state index in [2.05, 4.69) is 4.98 Å². The van der Waals surface area contributed by atoms with Gasteiger partial charge in [-0.15, -0.1) is 0 Å². The van der Waals surface area contributed by atoms with Gasteiger partial charge in [0.1, 0.15) is 11.5 Å². The summed E-state index contributed by atoms with van der Waals surface area (Å²) in [6, 6.07) is 11.6. The summed E-state index contributed by atoms with van der Waals surface area (Å²) in [5, 5.41) is 0. The molecule has 1 unspecified atom stereocenters. The molecule has 0 aliphatic heterocycles. The van der Waals surface area contributed by atoms with Gasteiger partial charge in [0.05, 0.1) is 19.9 Å². The third-order valence-electron chi connectivity index (χ3n) is 2.95. The predicted octanol–water partition coefficient (Wildman–Crippen LogP) is 2.21. The highest BCUT2D eigenvalue weighted by atomic mass is 16.5. The van der Waals surface area contributed by atoms with Crippen molar-refractivity contribution >= 4 is 0 Å². The van der Waals surface area contributed by atoms with Crippen LogP contribution in [0, 0.1) is 0 Å². The highest BCUT2D eigenvalue weighted by Gasteiger charge is 2.15. The molecule has 0 radical (unpaired) electrons. The second-order valence-corrected chi connectivity index (χ2v) is 4.17. The van der Waals surface area contributed by atoms with E-state index in [4.69, 9.17) is 15.2 Å². The molecule has 0 bridgehead atoms. The molecule has 1 heterocycles. The van der Waals surface area contributed by atoms with E-state index >= 15 is 0 Å². The number of hydrogen-bond donors (Lipinski definition) is 1. The molecule has 0 aliphatic carbocycles. The summed E-state index contributed by atoms with van der Waals surface area (Å²) in [6.07, 6.45) is 3.41. The maximum atomic E-state index is 5.84. The summed E-state index contributed by atoms with van der Waals surface area (Å²) in [5.74, 6) is 1.68. The number of pyridine rings is 1. The van der Waals surface area contributed by atoms with E-state index in [0.29, 0.717) is 13.2 Å². The first-order valence-corrected chi connectivity index (χ1v) is 6.21. The Morgan fingerprint density at radius 2 is 2.05 bits per heavy atom. The minimum absolute atomic E-state index is 0.0938. The van der Waals surface area contributed by atoms with Crippen LogP contribution >= 0.6 is 0 Å². The number of nitrogens with zero attached hydrogens (tertiary/aromatic N) is 1. The molecule has 0 amide bonds. The highest BCUT2D eigenvalue weighted by molar-refractivity contribution is 5.36. The summed E-state index contributed by atoms with van der Waals surface area (Å²) in [4.78, 5) is 4.01. The van der Waals surface area contributed by atoms with E-state index in [0.717, 1.165) is 17.1 Å². The molecule has 2 N–H and O–H groups in total. The summed E-state index contributed by atoms with van der Waals surface area (Å²) >= 11 is 0. The second-order valence-electron chi connectivity index (χ2n) is 4.17. The van der Waals surface area contributed by atoms with Gasteiger partial charge in [0.15, 0.2) is 0 Å². The Balaban J connectivity index is 2.08. The van der Waals surface area contributed by atoms with Crippen LogP contribution in [0.3, 0.4) is 0 Å². The van der Waals surface area contributed by atoms with Gasteiger partial charge in [0.25, 0.3) is 0 Å². The fraction of sp³-hybridized carbons (Fsp3) is 0.267. The molecule has 1 atom stereocenters. The largest absolute Gasteiger partial charge is 0.496 e. The standard InChI is InChI=1S/C15H18N2O2/c1-18-15-7-3-2-6-14(15)12(9-16)11-19-13-5-4-8-17-10-13/h2-8,10,12H,9,11,16H2,1H3. The lowest BCUT2D eigenvalue weighted by molar-refractivity contribution is 0.285. The molecule has 1 aromatic carbocycles. The second kappa shape index (κ2) is 6.75. The molecule has 4 nitrogen and oxygen atoms in total. The SMILES string of the molecule is COc1ccccc1C(CN)COc1cccnc1. The molecule has 2 rings (SSSR count). The van der Waals surface area contributed by atoms with Crippen LogP contribution in [0.5, 0.6) is 11.5 Å². The first-order valence-electron chi connectivity index (χ1n) is 6.21. The van der Waals surface area contributed by atoms with Crippen molar-refractivity contribution < 1.29 is 9.47 Å². The molecule has 0 saturated heterocycles. The van der Waals surface area contributed by atoms with Gasteiger partial charge < -0.3 is 15.2 Å². The number of rotatable bonds is 6. The van der Waals surface area contributed by atoms with Crippen molar-refractivity contribution in [3.8, 4) is 11.5 Å². The molecule has 2 aromatic rings. The van der Waals surface area contributed by atoms with Gasteiger partial charge in [0, 0.05) is 24.2 Å². The van der Waals surface area contributed by atoms with Gasteiger partial charge >= 0.3 is 0 Å². The van der Waals surface area contributed by atoms with Crippen LogP contribution in [0.25, 0.3) is 0 Å². The van der Waals surface area contributed by atoms with Crippen LogP contribution in [0.1, 0.15) is 11.5 Å². The van der Waals surface area contributed by atoms with Crippen molar-refractivity contribution in [1.29, 1.82) is 0 Å². The Bertz CT molecular complexity index is 503. The van der Waals surface area contributed by atoms with Gasteiger partial charge in [-0.25, -0.2) is 0 Å². The van der Waals surface area contributed by atoms with E-state index in [-0.39, 0.29) is 5.92 Å². The number of nitrogens with two attached hydrogens (primary N) is 1. The molecule has 4 heteroatoms. The molecule has 0 aliphatic rings. The van der Waals surface area contributed by atoms with Crippen LogP contribution in [-0.2, 0) is 0 Å². The van der Waals surface area contributed by atoms with Crippen molar-refractivity contribution in [3.63, 3.8) is 0 Å². The minimum atomic E-state index is 0.0938. The third-order valence-corrected chi connectivity index (χ3v) is 2.95. The van der Waals surface area contributed by atoms with Crippen LogP contribution in [0.4, 0.5) is 0 Å². The number of ether oxygens (including phenoxy) is 2. The lowest BCUT2D eigenvalue weighted by Crippen LogP contribution is -2.20. The van der Waals surface area contributed by atoms with Gasteiger partial charge in [-0.1, -0.05) is 18.2 Å². The van der Waals surface area contributed by atoms with E-state index < -0.39 is 0 Å². The van der Waals surface area contributed by atoms with E-state index in [1.165, 1.54) is 0 Å². The summed E-state index contributed by atoms with van der Waals surface area (Å²) < 4.78 is 11.1. The fourth-order valence-corrected chi connectivity index (χ4v) is 1.92. The molecule has 100 valence electrons. The number of aromatic nitrogens is 1. The fourth-order valence-electron chi connectivity index (χ4n) is 1.92. The monoisotopic (exact) mass is 258 g/mol. The summed E-state index contributed by atoms with van der Waals surface area (Å²) in [5.41, 5.74) is 6.91. The number of para-hydroxylation sites is 1. The Morgan fingerprint density at radius 1 is 1.21 bits per heavy atom. The first kappa shape index (κ1) is 13.4. The van der Waals surface area contributed by atoms with Crippen molar-refractivity contribution in [1.82, 2.24) is 4.98 Å². The molecule has 0 saturated carbocycles. The van der Waals surface area contributed by atoms with Crippen LogP contribution in [0.2, 0.25) is 0 Å². The maximum Gasteiger partial charge on any atom is 0.137 e. The molecule has 19 heavy (non-hydrogen) atoms. The first-order chi connectivity index (χ1) is 9.35. The van der Waals surface area contributed by atoms with Crippen molar-refractivity contribution in [2.45, 2.75) is 5.92 Å². The zero-order valence-electron chi connectivity index (χ0n) is 11.0. The zero-order chi connectivity index (χ0) is 13.5. The Labute approximate surface area is 113 Å². The van der Waals surface area contributed by atoms with Crippen LogP contribution in [0.15, 0.2) is 48.8 Å². The van der Waals surface area contributed by atoms with Crippen LogP contribution < -0.4 is 15.2 Å². The van der Waals surface area contributed by atoms with Gasteiger partial charge in [0.2, 0.25) is 0 Å². The number of methoxy groups -OCH3 is 1. The van der Waals surface area contributed by atoms with E-state index in [1.54, 1.807) is 19.5 Å². The quantitative estimate of drug-likeness (QED) is 0.863. The normalized spacial score (nSPS) is 11.9. The lowest BCUT2D eigenvalue weighted by Gasteiger charge is -2.18. The highest BCUT2D eigenvalue weighted by Crippen LogP contribution is 2.26. The minimum Gasteiger partial charge on any atom is -0.496 e. The van der Waals surface area contributed by atoms with Crippen LogP contribution in [-0.4, -0.2) is 25.2 Å². The third kappa shape index (κ3) is 3.45. The maximum absolute atomic E-state index is 5.84. The summed E-state index contributed by atoms with van der Waals surface area (Å²) in [7, 11) is 1.66. The smallest absolute Gasteiger partial charge is 0.137 e. The number of benzene rings is 1.